The maximum Gasteiger partial charge on any atom is 0.249 e. The summed E-state index contributed by atoms with van der Waals surface area (Å²) in [6, 6.07) is 7.34. The lowest BCUT2D eigenvalue weighted by Gasteiger charge is -2.19. The van der Waals surface area contributed by atoms with E-state index >= 15 is 0 Å². The van der Waals surface area contributed by atoms with Gasteiger partial charge in [-0.15, -0.1) is 0 Å². The molecule has 1 amide bonds. The third kappa shape index (κ3) is 4.53. The van der Waals surface area contributed by atoms with Gasteiger partial charge in [0.1, 0.15) is 11.8 Å². The molecular weight excluding hydrogens is 280 g/mol. The molecule has 0 aliphatic heterocycles. The molecule has 0 spiro atoms. The first-order valence-electron chi connectivity index (χ1n) is 7.47. The van der Waals surface area contributed by atoms with Crippen LogP contribution in [0.4, 0.5) is 5.69 Å². The maximum absolute atomic E-state index is 11.9. The second-order valence-electron chi connectivity index (χ2n) is 5.45. The van der Waals surface area contributed by atoms with E-state index in [-0.39, 0.29) is 16.9 Å². The Labute approximate surface area is 130 Å². The van der Waals surface area contributed by atoms with Crippen LogP contribution >= 0.6 is 0 Å². The predicted octanol–water partition coefficient (Wildman–Crippen LogP) is 0.483. The summed E-state index contributed by atoms with van der Waals surface area (Å²) in [5, 5.41) is 24.0. The Balaban J connectivity index is 1.76. The largest absolute Gasteiger partial charge is 0.629 e. The number of quaternary nitrogens is 1. The fourth-order valence-corrected chi connectivity index (χ4v) is 2.37. The molecule has 118 valence electrons. The molecule has 0 fully saturated rings. The Morgan fingerprint density at radius 1 is 1.41 bits per heavy atom. The van der Waals surface area contributed by atoms with E-state index in [0.29, 0.717) is 25.1 Å². The SMILES string of the molecule is C[NH+]([O-])c1ccc(CCNC(=O)[C@H](O)C2C=CC=CC2)cc1. The van der Waals surface area contributed by atoms with E-state index in [1.165, 1.54) is 7.05 Å². The lowest BCUT2D eigenvalue weighted by atomic mass is 9.94. The molecule has 0 aromatic heterocycles. The molecule has 2 unspecified atom stereocenters. The van der Waals surface area contributed by atoms with Gasteiger partial charge in [-0.1, -0.05) is 36.4 Å². The van der Waals surface area contributed by atoms with Crippen molar-refractivity contribution in [2.24, 2.45) is 5.92 Å². The van der Waals surface area contributed by atoms with Crippen LogP contribution in [0.3, 0.4) is 0 Å². The van der Waals surface area contributed by atoms with E-state index in [4.69, 9.17) is 0 Å². The van der Waals surface area contributed by atoms with Gasteiger partial charge in [0, 0.05) is 12.5 Å². The van der Waals surface area contributed by atoms with Crippen LogP contribution in [0.1, 0.15) is 12.0 Å². The van der Waals surface area contributed by atoms with Gasteiger partial charge in [-0.3, -0.25) is 4.79 Å². The van der Waals surface area contributed by atoms with Crippen LogP contribution in [0.15, 0.2) is 48.6 Å². The molecular formula is C17H22N2O3. The highest BCUT2D eigenvalue weighted by molar-refractivity contribution is 5.81. The molecule has 3 N–H and O–H groups in total. The average molecular weight is 302 g/mol. The monoisotopic (exact) mass is 302 g/mol. The van der Waals surface area contributed by atoms with Crippen molar-refractivity contribution in [1.82, 2.24) is 5.32 Å². The quantitative estimate of drug-likeness (QED) is 0.669. The van der Waals surface area contributed by atoms with E-state index in [9.17, 15) is 15.1 Å². The molecule has 0 heterocycles. The fourth-order valence-electron chi connectivity index (χ4n) is 2.37. The Bertz CT molecular complexity index is 550. The lowest BCUT2D eigenvalue weighted by Crippen LogP contribution is -2.98. The highest BCUT2D eigenvalue weighted by atomic mass is 16.5. The van der Waals surface area contributed by atoms with Crippen LogP contribution < -0.4 is 10.4 Å². The van der Waals surface area contributed by atoms with Crippen molar-refractivity contribution in [1.29, 1.82) is 0 Å². The fraction of sp³-hybridized carbons (Fsp3) is 0.353. The number of hydrogen-bond donors (Lipinski definition) is 3. The standard InChI is InChI=1S/C17H22N2O3/c1-19(22)15-9-7-13(8-10-15)11-12-18-17(21)16(20)14-5-3-2-4-6-14/h2-5,7-10,14,16,19-20H,6,11-12H2,1H3,(H,18,21)/t14?,16-/m1/s1. The van der Waals surface area contributed by atoms with Gasteiger partial charge < -0.3 is 20.7 Å². The summed E-state index contributed by atoms with van der Waals surface area (Å²) in [4.78, 5) is 11.9. The topological polar surface area (TPSA) is 76.8 Å². The highest BCUT2D eigenvalue weighted by Gasteiger charge is 2.23. The summed E-state index contributed by atoms with van der Waals surface area (Å²) < 4.78 is 0. The predicted molar refractivity (Wildman–Crippen MR) is 85.5 cm³/mol. The lowest BCUT2D eigenvalue weighted by molar-refractivity contribution is -0.751. The minimum Gasteiger partial charge on any atom is -0.629 e. The van der Waals surface area contributed by atoms with Gasteiger partial charge in [0.2, 0.25) is 5.91 Å². The van der Waals surface area contributed by atoms with Crippen molar-refractivity contribution in [2.75, 3.05) is 13.6 Å². The van der Waals surface area contributed by atoms with E-state index in [1.54, 1.807) is 12.1 Å². The molecule has 1 aliphatic rings. The van der Waals surface area contributed by atoms with E-state index in [0.717, 1.165) is 5.56 Å². The van der Waals surface area contributed by atoms with Crippen LogP contribution in [0.2, 0.25) is 0 Å². The number of rotatable bonds is 6. The van der Waals surface area contributed by atoms with Crippen LogP contribution in [-0.2, 0) is 11.2 Å². The van der Waals surface area contributed by atoms with Gasteiger partial charge in [-0.2, -0.15) is 0 Å². The number of allylic oxidation sites excluding steroid dienone is 3. The van der Waals surface area contributed by atoms with Crippen LogP contribution in [0.5, 0.6) is 0 Å². The summed E-state index contributed by atoms with van der Waals surface area (Å²) in [5.41, 5.74) is 1.72. The number of nitrogens with one attached hydrogen (secondary N) is 2. The maximum atomic E-state index is 11.9. The summed E-state index contributed by atoms with van der Waals surface area (Å²) in [5.74, 6) is -0.495. The van der Waals surface area contributed by atoms with Crippen molar-refractivity contribution in [3.63, 3.8) is 0 Å². The molecule has 22 heavy (non-hydrogen) atoms. The number of aliphatic hydroxyl groups excluding tert-OH is 1. The zero-order chi connectivity index (χ0) is 15.9. The molecule has 1 aromatic carbocycles. The molecule has 0 bridgehead atoms. The molecule has 0 radical (unpaired) electrons. The van der Waals surface area contributed by atoms with E-state index in [2.05, 4.69) is 5.32 Å². The van der Waals surface area contributed by atoms with Crippen molar-refractivity contribution in [3.05, 3.63) is 59.3 Å². The van der Waals surface area contributed by atoms with Crippen LogP contribution in [0.25, 0.3) is 0 Å². The number of benzene rings is 1. The first kappa shape index (κ1) is 16.4. The number of hydroxylamine groups is 1. The second-order valence-corrected chi connectivity index (χ2v) is 5.45. The second kappa shape index (κ2) is 7.89. The Morgan fingerprint density at radius 3 is 2.73 bits per heavy atom. The Morgan fingerprint density at radius 2 is 2.14 bits per heavy atom. The number of aliphatic hydroxyl groups is 1. The van der Waals surface area contributed by atoms with Crippen LogP contribution in [0, 0.1) is 11.1 Å². The number of carbonyl (C=O) groups excluding carboxylic acids is 1. The summed E-state index contributed by atoms with van der Waals surface area (Å²) in [6.45, 7) is 0.460. The zero-order valence-corrected chi connectivity index (χ0v) is 12.7. The molecule has 5 nitrogen and oxygen atoms in total. The average Bonchev–Trinajstić information content (AvgIpc) is 2.55. The highest BCUT2D eigenvalue weighted by Crippen LogP contribution is 2.16. The Hall–Kier alpha value is -1.95. The normalized spacial score (nSPS) is 19.7. The van der Waals surface area contributed by atoms with Gasteiger partial charge in [0.05, 0.1) is 7.05 Å². The first-order chi connectivity index (χ1) is 10.6. The van der Waals surface area contributed by atoms with Gasteiger partial charge in [0.15, 0.2) is 0 Å². The third-order valence-corrected chi connectivity index (χ3v) is 3.76. The van der Waals surface area contributed by atoms with Crippen molar-refractivity contribution < 1.29 is 15.0 Å². The molecule has 1 aliphatic carbocycles. The third-order valence-electron chi connectivity index (χ3n) is 3.76. The summed E-state index contributed by atoms with van der Waals surface area (Å²) in [7, 11) is 1.53. The summed E-state index contributed by atoms with van der Waals surface area (Å²) in [6.07, 6.45) is 7.88. The minimum absolute atomic E-state index is 0.0394. The van der Waals surface area contributed by atoms with Gasteiger partial charge in [-0.25, -0.2) is 0 Å². The van der Waals surface area contributed by atoms with Gasteiger partial charge in [0.25, 0.3) is 0 Å². The molecule has 1 aromatic rings. The van der Waals surface area contributed by atoms with Crippen molar-refractivity contribution in [2.45, 2.75) is 18.9 Å². The zero-order valence-electron chi connectivity index (χ0n) is 12.7. The van der Waals surface area contributed by atoms with Crippen LogP contribution in [-0.4, -0.2) is 30.7 Å². The van der Waals surface area contributed by atoms with Crippen molar-refractivity contribution >= 4 is 11.6 Å². The first-order valence-corrected chi connectivity index (χ1v) is 7.47. The van der Waals surface area contributed by atoms with Crippen molar-refractivity contribution in [3.8, 4) is 0 Å². The molecule has 2 rings (SSSR count). The molecule has 5 heteroatoms. The Kier molecular flexibility index (Phi) is 5.89. The number of carbonyl (C=O) groups is 1. The van der Waals surface area contributed by atoms with E-state index in [1.807, 2.05) is 36.4 Å². The minimum atomic E-state index is -1.01. The molecule has 0 saturated carbocycles. The van der Waals surface area contributed by atoms with Gasteiger partial charge >= 0.3 is 0 Å². The smallest absolute Gasteiger partial charge is 0.249 e. The number of amides is 1. The molecule has 3 atom stereocenters. The molecule has 0 saturated heterocycles. The van der Waals surface area contributed by atoms with Gasteiger partial charge in [-0.05, 0) is 30.5 Å². The number of hydrogen-bond acceptors (Lipinski definition) is 3. The van der Waals surface area contributed by atoms with E-state index < -0.39 is 6.10 Å². The summed E-state index contributed by atoms with van der Waals surface area (Å²) >= 11 is 0.